The quantitative estimate of drug-likeness (QED) is 0.412. The van der Waals surface area contributed by atoms with Gasteiger partial charge in [-0.05, 0) is 36.8 Å². The van der Waals surface area contributed by atoms with Crippen LogP contribution < -0.4 is 10.9 Å². The second-order valence-electron chi connectivity index (χ2n) is 7.15. The largest absolute Gasteiger partial charge is 0.358 e. The highest BCUT2D eigenvalue weighted by molar-refractivity contribution is 6.32. The van der Waals surface area contributed by atoms with Gasteiger partial charge >= 0.3 is 0 Å². The van der Waals surface area contributed by atoms with E-state index in [1.165, 1.54) is 35.4 Å². The predicted octanol–water partition coefficient (Wildman–Crippen LogP) is 4.41. The molecule has 0 aliphatic carbocycles. The van der Waals surface area contributed by atoms with Gasteiger partial charge in [0, 0.05) is 0 Å². The summed E-state index contributed by atoms with van der Waals surface area (Å²) >= 11 is 6.44. The Labute approximate surface area is 186 Å². The third-order valence-electron chi connectivity index (χ3n) is 5.20. The van der Waals surface area contributed by atoms with Crippen molar-refractivity contribution >= 4 is 39.5 Å². The molecule has 0 saturated heterocycles. The monoisotopic (exact) mass is 449 g/mol. The van der Waals surface area contributed by atoms with Gasteiger partial charge in [-0.1, -0.05) is 30.7 Å². The van der Waals surface area contributed by atoms with E-state index in [2.05, 4.69) is 25.3 Å². The highest BCUT2D eigenvalue weighted by atomic mass is 35.5. The summed E-state index contributed by atoms with van der Waals surface area (Å²) in [6, 6.07) is 10.5. The van der Waals surface area contributed by atoms with Crippen LogP contribution in [-0.2, 0) is 0 Å². The zero-order valence-corrected chi connectivity index (χ0v) is 17.6. The summed E-state index contributed by atoms with van der Waals surface area (Å²) in [5.41, 5.74) is 1.59. The van der Waals surface area contributed by atoms with Gasteiger partial charge in [-0.3, -0.25) is 9.36 Å². The van der Waals surface area contributed by atoms with Crippen LogP contribution in [0.2, 0.25) is 5.02 Å². The maximum Gasteiger partial charge on any atom is 0.266 e. The number of benzene rings is 2. The van der Waals surface area contributed by atoms with Crippen molar-refractivity contribution in [3.05, 3.63) is 82.1 Å². The maximum absolute atomic E-state index is 13.9. The van der Waals surface area contributed by atoms with Crippen LogP contribution >= 0.6 is 11.6 Å². The summed E-state index contributed by atoms with van der Waals surface area (Å²) in [7, 11) is 0. The van der Waals surface area contributed by atoms with Crippen molar-refractivity contribution in [2.24, 2.45) is 0 Å². The molecule has 0 amide bonds. The van der Waals surface area contributed by atoms with Crippen LogP contribution in [0.3, 0.4) is 0 Å². The molecule has 8 nitrogen and oxygen atoms in total. The summed E-state index contributed by atoms with van der Waals surface area (Å²) in [5, 5.41) is 3.88. The van der Waals surface area contributed by atoms with E-state index >= 15 is 0 Å². The van der Waals surface area contributed by atoms with Crippen molar-refractivity contribution in [2.75, 3.05) is 5.32 Å². The Bertz CT molecular complexity index is 1510. The van der Waals surface area contributed by atoms with Gasteiger partial charge in [0.05, 0.1) is 34.0 Å². The van der Waals surface area contributed by atoms with Gasteiger partial charge in [0.25, 0.3) is 5.56 Å². The molecule has 5 rings (SSSR count). The predicted molar refractivity (Wildman–Crippen MR) is 121 cm³/mol. The first kappa shape index (κ1) is 20.1. The average Bonchev–Trinajstić information content (AvgIpc) is 3.28. The number of para-hydroxylation sites is 1. The van der Waals surface area contributed by atoms with E-state index < -0.39 is 17.4 Å². The van der Waals surface area contributed by atoms with Crippen molar-refractivity contribution < 1.29 is 4.39 Å². The van der Waals surface area contributed by atoms with Crippen LogP contribution in [0.4, 0.5) is 10.2 Å². The summed E-state index contributed by atoms with van der Waals surface area (Å²) in [6.07, 6.45) is 3.53. The lowest BCUT2D eigenvalue weighted by Crippen LogP contribution is -2.28. The summed E-state index contributed by atoms with van der Waals surface area (Å²) in [5.74, 6) is 0.413. The van der Waals surface area contributed by atoms with E-state index in [0.29, 0.717) is 45.5 Å². The number of rotatable bonds is 5. The number of hydrogen-bond donors (Lipinski definition) is 2. The topological polar surface area (TPSA) is 101 Å². The standard InChI is InChI=1S/C22H17ClFN7O/c1-2-15(29-20-18-19(26-10-25-18)27-11-28-20)21-30-16-8-7-12(24)9-13(16)22(32)31(21)17-6-4-3-5-14(17)23/h3-11,15H,2H2,1H3,(H2,25,26,27,28,29). The Morgan fingerprint density at radius 3 is 2.84 bits per heavy atom. The Balaban J connectivity index is 1.75. The molecule has 2 aromatic carbocycles. The molecule has 0 aliphatic heterocycles. The molecular formula is C22H17ClFN7O. The number of imidazole rings is 1. The van der Waals surface area contributed by atoms with Gasteiger partial charge in [0.15, 0.2) is 11.5 Å². The van der Waals surface area contributed by atoms with Crippen LogP contribution in [0, 0.1) is 5.82 Å². The molecule has 1 unspecified atom stereocenters. The Kier molecular flexibility index (Phi) is 5.02. The third kappa shape index (κ3) is 3.36. The molecule has 0 aliphatic rings. The number of aromatic nitrogens is 6. The summed E-state index contributed by atoms with van der Waals surface area (Å²) in [6.45, 7) is 1.96. The molecule has 3 heterocycles. The van der Waals surface area contributed by atoms with Crippen molar-refractivity contribution in [1.82, 2.24) is 29.5 Å². The molecule has 1 atom stereocenters. The number of nitrogens with zero attached hydrogens (tertiary/aromatic N) is 5. The number of H-pyrrole nitrogens is 1. The average molecular weight is 450 g/mol. The molecule has 0 radical (unpaired) electrons. The van der Waals surface area contributed by atoms with Gasteiger partial charge in [-0.15, -0.1) is 0 Å². The van der Waals surface area contributed by atoms with Crippen LogP contribution in [0.5, 0.6) is 0 Å². The van der Waals surface area contributed by atoms with Crippen LogP contribution in [0.25, 0.3) is 27.8 Å². The van der Waals surface area contributed by atoms with Crippen molar-refractivity contribution in [1.29, 1.82) is 0 Å². The molecule has 5 aromatic rings. The van der Waals surface area contributed by atoms with Gasteiger partial charge in [0.2, 0.25) is 0 Å². The number of anilines is 1. The normalized spacial score (nSPS) is 12.3. The molecule has 0 spiro atoms. The fourth-order valence-corrected chi connectivity index (χ4v) is 3.88. The smallest absolute Gasteiger partial charge is 0.266 e. The van der Waals surface area contributed by atoms with E-state index in [-0.39, 0.29) is 5.39 Å². The maximum atomic E-state index is 13.9. The van der Waals surface area contributed by atoms with Crippen molar-refractivity contribution in [3.63, 3.8) is 0 Å². The number of fused-ring (bicyclic) bond motifs is 2. The fourth-order valence-electron chi connectivity index (χ4n) is 3.66. The SMILES string of the molecule is CCC(Nc1ncnc2[nH]cnc12)c1nc2ccc(F)cc2c(=O)n1-c1ccccc1Cl. The van der Waals surface area contributed by atoms with Gasteiger partial charge in [0.1, 0.15) is 23.5 Å². The Morgan fingerprint density at radius 1 is 1.19 bits per heavy atom. The van der Waals surface area contributed by atoms with Gasteiger partial charge in [-0.25, -0.2) is 24.3 Å². The zero-order valence-electron chi connectivity index (χ0n) is 16.9. The van der Waals surface area contributed by atoms with Crippen molar-refractivity contribution in [3.8, 4) is 5.69 Å². The highest BCUT2D eigenvalue weighted by Crippen LogP contribution is 2.28. The van der Waals surface area contributed by atoms with Gasteiger partial charge in [-0.2, -0.15) is 0 Å². The lowest BCUT2D eigenvalue weighted by atomic mass is 10.1. The lowest BCUT2D eigenvalue weighted by molar-refractivity contribution is 0.628. The fraction of sp³-hybridized carbons (Fsp3) is 0.136. The molecule has 0 fully saturated rings. The molecular weight excluding hydrogens is 433 g/mol. The minimum absolute atomic E-state index is 0.167. The van der Waals surface area contributed by atoms with Gasteiger partial charge < -0.3 is 10.3 Å². The Morgan fingerprint density at radius 2 is 2.03 bits per heavy atom. The molecule has 32 heavy (non-hydrogen) atoms. The minimum Gasteiger partial charge on any atom is -0.358 e. The molecule has 3 aromatic heterocycles. The summed E-state index contributed by atoms with van der Waals surface area (Å²) in [4.78, 5) is 34.0. The van der Waals surface area contributed by atoms with Crippen LogP contribution in [0.1, 0.15) is 25.2 Å². The van der Waals surface area contributed by atoms with E-state index in [1.807, 2.05) is 6.92 Å². The van der Waals surface area contributed by atoms with Crippen molar-refractivity contribution in [2.45, 2.75) is 19.4 Å². The number of halogens is 2. The molecule has 0 bridgehead atoms. The molecule has 160 valence electrons. The van der Waals surface area contributed by atoms with Crippen LogP contribution in [-0.4, -0.2) is 29.5 Å². The first-order valence-corrected chi connectivity index (χ1v) is 10.3. The van der Waals surface area contributed by atoms with E-state index in [4.69, 9.17) is 16.6 Å². The number of aromatic amines is 1. The van der Waals surface area contributed by atoms with E-state index in [0.717, 1.165) is 0 Å². The van der Waals surface area contributed by atoms with Crippen LogP contribution in [0.15, 0.2) is 59.9 Å². The summed E-state index contributed by atoms with van der Waals surface area (Å²) < 4.78 is 15.3. The minimum atomic E-state index is -0.512. The second-order valence-corrected chi connectivity index (χ2v) is 7.56. The van der Waals surface area contributed by atoms with E-state index in [1.54, 1.807) is 24.3 Å². The first-order valence-electron chi connectivity index (χ1n) is 9.94. The lowest BCUT2D eigenvalue weighted by Gasteiger charge is -2.22. The molecule has 0 saturated carbocycles. The number of hydrogen-bond acceptors (Lipinski definition) is 6. The Hall–Kier alpha value is -3.85. The first-order chi connectivity index (χ1) is 15.6. The zero-order chi connectivity index (χ0) is 22.2. The third-order valence-corrected chi connectivity index (χ3v) is 5.52. The molecule has 10 heteroatoms. The molecule has 2 N–H and O–H groups in total. The van der Waals surface area contributed by atoms with E-state index in [9.17, 15) is 9.18 Å². The second kappa shape index (κ2) is 8.01. The number of nitrogens with one attached hydrogen (secondary N) is 2. The highest BCUT2D eigenvalue weighted by Gasteiger charge is 2.23.